The summed E-state index contributed by atoms with van der Waals surface area (Å²) in [5.74, 6) is -3.37. The number of aliphatic hydroxyl groups excluding tert-OH is 1. The van der Waals surface area contributed by atoms with Crippen molar-refractivity contribution >= 4 is 23.1 Å². The molecule has 0 fully saturated rings. The second-order valence-electron chi connectivity index (χ2n) is 4.33. The number of ether oxygens (including phenoxy) is 1. The first-order valence-electron chi connectivity index (χ1n) is 5.75. The number of amides is 1. The number of nitrogens with two attached hydrogens (primary N) is 1. The fraction of sp³-hybridized carbons (Fsp3) is 0.231. The normalized spacial score (nSPS) is 15.8. The van der Waals surface area contributed by atoms with Crippen molar-refractivity contribution in [2.45, 2.75) is 11.9 Å². The minimum Gasteiger partial charge on any atom is -0.378 e. The van der Waals surface area contributed by atoms with E-state index in [2.05, 4.69) is 4.98 Å². The number of hydrogen-bond acceptors (Lipinski definition) is 5. The molecule has 5 N–H and O–H groups in total. The lowest BCUT2D eigenvalue weighted by atomic mass is 9.98. The SMILES string of the molecule is COC(O)(c1ccc2c(C=O)c[nH]c2c1)C(O)C(N)=O. The van der Waals surface area contributed by atoms with Crippen LogP contribution in [0.15, 0.2) is 24.4 Å². The van der Waals surface area contributed by atoms with Crippen molar-refractivity contribution in [1.29, 1.82) is 0 Å². The summed E-state index contributed by atoms with van der Waals surface area (Å²) in [6.45, 7) is 0. The number of aldehydes is 1. The average molecular weight is 278 g/mol. The average Bonchev–Trinajstić information content (AvgIpc) is 2.87. The molecule has 0 radical (unpaired) electrons. The van der Waals surface area contributed by atoms with E-state index in [9.17, 15) is 19.8 Å². The number of aromatic nitrogens is 1. The number of carbonyl (C=O) groups excluding carboxylic acids is 2. The third-order valence-electron chi connectivity index (χ3n) is 3.21. The summed E-state index contributed by atoms with van der Waals surface area (Å²) in [5, 5.41) is 20.7. The molecule has 2 atom stereocenters. The van der Waals surface area contributed by atoms with E-state index < -0.39 is 17.8 Å². The second-order valence-corrected chi connectivity index (χ2v) is 4.33. The molecule has 1 amide bonds. The van der Waals surface area contributed by atoms with Gasteiger partial charge in [0.25, 0.3) is 5.91 Å². The van der Waals surface area contributed by atoms with Crippen LogP contribution in [0.1, 0.15) is 15.9 Å². The molecule has 0 aliphatic carbocycles. The molecule has 20 heavy (non-hydrogen) atoms. The lowest BCUT2D eigenvalue weighted by Gasteiger charge is -2.29. The van der Waals surface area contributed by atoms with Crippen LogP contribution in [0.25, 0.3) is 10.9 Å². The maximum Gasteiger partial charge on any atom is 0.252 e. The van der Waals surface area contributed by atoms with Gasteiger partial charge in [-0.05, 0) is 6.07 Å². The van der Waals surface area contributed by atoms with E-state index in [4.69, 9.17) is 10.5 Å². The Bertz CT molecular complexity index is 666. The zero-order valence-electron chi connectivity index (χ0n) is 10.7. The van der Waals surface area contributed by atoms with E-state index in [1.54, 1.807) is 6.07 Å². The fourth-order valence-electron chi connectivity index (χ4n) is 2.05. The summed E-state index contributed by atoms with van der Waals surface area (Å²) in [6.07, 6.45) is 0.280. The van der Waals surface area contributed by atoms with E-state index in [1.807, 2.05) is 0 Å². The number of carbonyl (C=O) groups is 2. The van der Waals surface area contributed by atoms with E-state index >= 15 is 0 Å². The number of nitrogens with one attached hydrogen (secondary N) is 1. The molecule has 1 aromatic carbocycles. The molecule has 0 bridgehead atoms. The van der Waals surface area contributed by atoms with Crippen LogP contribution in [0.3, 0.4) is 0 Å². The molecule has 0 spiro atoms. The Morgan fingerprint density at radius 3 is 2.80 bits per heavy atom. The van der Waals surface area contributed by atoms with Gasteiger partial charge < -0.3 is 25.7 Å². The number of H-pyrrole nitrogens is 1. The van der Waals surface area contributed by atoms with Crippen LogP contribution >= 0.6 is 0 Å². The van der Waals surface area contributed by atoms with Gasteiger partial charge in [-0.3, -0.25) is 9.59 Å². The molecular formula is C13H14N2O5. The van der Waals surface area contributed by atoms with Crippen LogP contribution in [-0.4, -0.2) is 40.6 Å². The van der Waals surface area contributed by atoms with Crippen molar-refractivity contribution < 1.29 is 24.5 Å². The Labute approximate surface area is 114 Å². The van der Waals surface area contributed by atoms with Crippen molar-refractivity contribution in [2.75, 3.05) is 7.11 Å². The molecule has 0 saturated heterocycles. The molecule has 1 aromatic heterocycles. The highest BCUT2D eigenvalue weighted by atomic mass is 16.6. The molecule has 2 unspecified atom stereocenters. The highest BCUT2D eigenvalue weighted by Crippen LogP contribution is 2.29. The lowest BCUT2D eigenvalue weighted by molar-refractivity contribution is -0.246. The minimum absolute atomic E-state index is 0.137. The van der Waals surface area contributed by atoms with Gasteiger partial charge in [0.1, 0.15) is 0 Å². The molecule has 2 aromatic rings. The standard InChI is InChI=1S/C13H14N2O5/c1-20-13(19,11(17)12(14)18)8-2-3-9-7(6-16)5-15-10(9)4-8/h2-6,11,15,17,19H,1H3,(H2,14,18). The van der Waals surface area contributed by atoms with Gasteiger partial charge in [-0.1, -0.05) is 12.1 Å². The number of methoxy groups -OCH3 is 1. The van der Waals surface area contributed by atoms with Crippen LogP contribution in [0.5, 0.6) is 0 Å². The van der Waals surface area contributed by atoms with Crippen LogP contribution in [0, 0.1) is 0 Å². The molecule has 7 heteroatoms. The number of fused-ring (bicyclic) bond motifs is 1. The fourth-order valence-corrected chi connectivity index (χ4v) is 2.05. The molecule has 2 rings (SSSR count). The summed E-state index contributed by atoms with van der Waals surface area (Å²) in [7, 11) is 1.14. The van der Waals surface area contributed by atoms with Crippen LogP contribution in [0.2, 0.25) is 0 Å². The maximum absolute atomic E-state index is 11.1. The molecule has 0 aliphatic heterocycles. The first-order valence-corrected chi connectivity index (χ1v) is 5.75. The van der Waals surface area contributed by atoms with Gasteiger partial charge in [0.15, 0.2) is 12.4 Å². The van der Waals surface area contributed by atoms with E-state index in [0.717, 1.165) is 7.11 Å². The molecule has 106 valence electrons. The number of primary amides is 1. The van der Waals surface area contributed by atoms with Crippen molar-refractivity contribution in [1.82, 2.24) is 4.98 Å². The summed E-state index contributed by atoms with van der Waals surface area (Å²) >= 11 is 0. The second kappa shape index (κ2) is 5.04. The third kappa shape index (κ3) is 2.07. The van der Waals surface area contributed by atoms with Crippen molar-refractivity contribution in [3.63, 3.8) is 0 Å². The quantitative estimate of drug-likeness (QED) is 0.438. The first-order chi connectivity index (χ1) is 9.43. The molecular weight excluding hydrogens is 264 g/mol. The summed E-state index contributed by atoms with van der Waals surface area (Å²) in [5.41, 5.74) is 6.14. The van der Waals surface area contributed by atoms with E-state index in [1.165, 1.54) is 18.3 Å². The topological polar surface area (TPSA) is 126 Å². The lowest BCUT2D eigenvalue weighted by Crippen LogP contribution is -2.48. The molecule has 0 saturated carbocycles. The largest absolute Gasteiger partial charge is 0.378 e. The van der Waals surface area contributed by atoms with Gasteiger partial charge in [0.05, 0.1) is 0 Å². The molecule has 7 nitrogen and oxygen atoms in total. The Balaban J connectivity index is 2.55. The number of hydrogen-bond donors (Lipinski definition) is 4. The zero-order chi connectivity index (χ0) is 14.9. The van der Waals surface area contributed by atoms with Gasteiger partial charge in [-0.15, -0.1) is 0 Å². The smallest absolute Gasteiger partial charge is 0.252 e. The minimum atomic E-state index is -2.26. The van der Waals surface area contributed by atoms with Crippen LogP contribution in [0.4, 0.5) is 0 Å². The number of aromatic amines is 1. The Morgan fingerprint density at radius 2 is 2.25 bits per heavy atom. The van der Waals surface area contributed by atoms with Gasteiger partial charge in [0, 0.05) is 35.3 Å². The van der Waals surface area contributed by atoms with Crippen molar-refractivity contribution in [3.05, 3.63) is 35.5 Å². The van der Waals surface area contributed by atoms with Gasteiger partial charge in [0.2, 0.25) is 5.79 Å². The predicted molar refractivity (Wildman–Crippen MR) is 69.8 cm³/mol. The first kappa shape index (κ1) is 14.2. The Kier molecular flexibility index (Phi) is 3.58. The summed E-state index contributed by atoms with van der Waals surface area (Å²) in [4.78, 5) is 24.7. The highest BCUT2D eigenvalue weighted by molar-refractivity contribution is 5.97. The number of rotatable bonds is 5. The molecule has 1 heterocycles. The third-order valence-corrected chi connectivity index (χ3v) is 3.21. The number of benzene rings is 1. The summed E-state index contributed by atoms with van der Waals surface area (Å²) < 4.78 is 4.85. The van der Waals surface area contributed by atoms with E-state index in [-0.39, 0.29) is 5.56 Å². The van der Waals surface area contributed by atoms with Crippen molar-refractivity contribution in [3.8, 4) is 0 Å². The monoisotopic (exact) mass is 278 g/mol. The van der Waals surface area contributed by atoms with Gasteiger partial charge in [-0.25, -0.2) is 0 Å². The van der Waals surface area contributed by atoms with Gasteiger partial charge >= 0.3 is 0 Å². The zero-order valence-corrected chi connectivity index (χ0v) is 10.7. The summed E-state index contributed by atoms with van der Waals surface area (Å²) in [6, 6.07) is 4.49. The van der Waals surface area contributed by atoms with E-state index in [0.29, 0.717) is 22.8 Å². The predicted octanol–water partition coefficient (Wildman–Crippen LogP) is -0.382. The van der Waals surface area contributed by atoms with Gasteiger partial charge in [-0.2, -0.15) is 0 Å². The van der Waals surface area contributed by atoms with Crippen LogP contribution in [-0.2, 0) is 15.3 Å². The maximum atomic E-state index is 11.1. The van der Waals surface area contributed by atoms with Crippen molar-refractivity contribution in [2.24, 2.45) is 5.73 Å². The highest BCUT2D eigenvalue weighted by Gasteiger charge is 2.41. The Morgan fingerprint density at radius 1 is 1.55 bits per heavy atom. The molecule has 0 aliphatic rings. The number of aliphatic hydroxyl groups is 2. The van der Waals surface area contributed by atoms with Crippen LogP contribution < -0.4 is 5.73 Å². The Hall–Kier alpha value is -2.22.